The van der Waals surface area contributed by atoms with Gasteiger partial charge < -0.3 is 14.2 Å². The first-order valence-corrected chi connectivity index (χ1v) is 6.39. The molecule has 7 fully saturated rings. The highest BCUT2D eigenvalue weighted by atomic mass is 16.7. The van der Waals surface area contributed by atoms with E-state index in [9.17, 15) is 0 Å². The lowest BCUT2D eigenvalue weighted by Crippen LogP contribution is -2.44. The summed E-state index contributed by atoms with van der Waals surface area (Å²) in [5.74, 6) is 2.97. The monoisotopic (exact) mass is 204 g/mol. The Morgan fingerprint density at radius 3 is 1.47 bits per heavy atom. The van der Waals surface area contributed by atoms with Gasteiger partial charge in [0.2, 0.25) is 0 Å². The molecule has 10 atom stereocenters. The number of rotatable bonds is 0. The van der Waals surface area contributed by atoms with Gasteiger partial charge in [-0.15, -0.1) is 0 Å². The zero-order valence-electron chi connectivity index (χ0n) is 8.26. The summed E-state index contributed by atoms with van der Waals surface area (Å²) in [6.07, 6.45) is 5.15. The standard InChI is InChI=1S/C12H12O3/c1-3-7-8(13-7)4(1)12-6-2-5(9-10(6)14-9)11(3,12)15-12/h3-10H,1-2H2/t3-,4-,5-,6-,7-,8+,9+,10-,11?,12?/m0/s1. The molecule has 3 heterocycles. The molecule has 3 heteroatoms. The van der Waals surface area contributed by atoms with Gasteiger partial charge in [-0.2, -0.15) is 0 Å². The fraction of sp³-hybridized carbons (Fsp3) is 1.00. The predicted octanol–water partition coefficient (Wildman–Crippen LogP) is 0.328. The van der Waals surface area contributed by atoms with Gasteiger partial charge in [-0.05, 0) is 12.8 Å². The molecular weight excluding hydrogens is 192 g/mol. The van der Waals surface area contributed by atoms with Crippen LogP contribution in [0.15, 0.2) is 0 Å². The lowest BCUT2D eigenvalue weighted by molar-refractivity contribution is 0.0135. The van der Waals surface area contributed by atoms with Crippen molar-refractivity contribution in [3.63, 3.8) is 0 Å². The van der Waals surface area contributed by atoms with Crippen molar-refractivity contribution < 1.29 is 14.2 Å². The summed E-state index contributed by atoms with van der Waals surface area (Å²) in [4.78, 5) is 0. The fourth-order valence-corrected chi connectivity index (χ4v) is 6.59. The largest absolute Gasteiger partial charge is 0.369 e. The van der Waals surface area contributed by atoms with Crippen LogP contribution >= 0.6 is 0 Å². The molecule has 0 N–H and O–H groups in total. The Hall–Kier alpha value is -0.120. The summed E-state index contributed by atoms with van der Waals surface area (Å²) in [6.45, 7) is 0. The van der Waals surface area contributed by atoms with Crippen LogP contribution < -0.4 is 0 Å². The van der Waals surface area contributed by atoms with Gasteiger partial charge >= 0.3 is 0 Å². The maximum absolute atomic E-state index is 6.38. The third-order valence-corrected chi connectivity index (χ3v) is 6.84. The highest BCUT2D eigenvalue weighted by Gasteiger charge is 3.00. The van der Waals surface area contributed by atoms with E-state index in [2.05, 4.69) is 0 Å². The molecule has 0 amide bonds. The van der Waals surface area contributed by atoms with Crippen molar-refractivity contribution in [2.45, 2.75) is 48.5 Å². The van der Waals surface area contributed by atoms with Crippen LogP contribution in [-0.2, 0) is 14.2 Å². The number of hydrogen-bond acceptors (Lipinski definition) is 3. The second-order valence-corrected chi connectivity index (χ2v) is 6.72. The van der Waals surface area contributed by atoms with Crippen LogP contribution in [0.4, 0.5) is 0 Å². The van der Waals surface area contributed by atoms with Gasteiger partial charge in [-0.3, -0.25) is 0 Å². The second-order valence-electron chi connectivity index (χ2n) is 6.72. The molecule has 78 valence electrons. The van der Waals surface area contributed by atoms with Crippen LogP contribution in [0.5, 0.6) is 0 Å². The van der Waals surface area contributed by atoms with E-state index < -0.39 is 0 Å². The molecule has 0 spiro atoms. The SMILES string of the molecule is C1[C@H]2[C@@H]3O[C@@H]3[C@H]1C13OC21[C@H]1C[C@H]3[C@@H]2O[C@@H]21. The first-order chi connectivity index (χ1) is 7.38. The van der Waals surface area contributed by atoms with E-state index in [-0.39, 0.29) is 11.2 Å². The Bertz CT molecular complexity index is 378. The minimum atomic E-state index is 0.262. The highest BCUT2D eigenvalue weighted by Crippen LogP contribution is 2.88. The van der Waals surface area contributed by atoms with E-state index in [1.807, 2.05) is 0 Å². The summed E-state index contributed by atoms with van der Waals surface area (Å²) < 4.78 is 18.0. The molecule has 4 bridgehead atoms. The normalized spacial score (nSPS) is 91.2. The maximum Gasteiger partial charge on any atom is 0.109 e. The van der Waals surface area contributed by atoms with Crippen LogP contribution in [-0.4, -0.2) is 35.6 Å². The molecule has 3 aliphatic heterocycles. The maximum atomic E-state index is 6.38. The number of ether oxygens (including phenoxy) is 3. The molecule has 0 aromatic heterocycles. The van der Waals surface area contributed by atoms with Gasteiger partial charge in [0, 0.05) is 23.7 Å². The van der Waals surface area contributed by atoms with E-state index in [1.165, 1.54) is 12.8 Å². The van der Waals surface area contributed by atoms with Crippen molar-refractivity contribution in [1.29, 1.82) is 0 Å². The van der Waals surface area contributed by atoms with Gasteiger partial charge in [-0.25, -0.2) is 0 Å². The molecule has 0 radical (unpaired) electrons. The van der Waals surface area contributed by atoms with Gasteiger partial charge in [0.05, 0.1) is 24.4 Å². The van der Waals surface area contributed by atoms with Gasteiger partial charge in [0.25, 0.3) is 0 Å². The van der Waals surface area contributed by atoms with Gasteiger partial charge in [-0.1, -0.05) is 0 Å². The number of hydrogen-bond donors (Lipinski definition) is 0. The molecule has 15 heavy (non-hydrogen) atoms. The van der Waals surface area contributed by atoms with Crippen molar-refractivity contribution in [3.05, 3.63) is 0 Å². The van der Waals surface area contributed by atoms with Crippen LogP contribution in [0.2, 0.25) is 0 Å². The highest BCUT2D eigenvalue weighted by molar-refractivity contribution is 5.47. The third-order valence-electron chi connectivity index (χ3n) is 6.84. The Morgan fingerprint density at radius 1 is 0.667 bits per heavy atom. The number of epoxide rings is 3. The molecule has 7 aliphatic rings. The first kappa shape index (κ1) is 6.58. The summed E-state index contributed by atoms with van der Waals surface area (Å²) in [5, 5.41) is 0. The van der Waals surface area contributed by atoms with Crippen LogP contribution in [0.3, 0.4) is 0 Å². The topological polar surface area (TPSA) is 37.6 Å². The average molecular weight is 204 g/mol. The summed E-state index contributed by atoms with van der Waals surface area (Å²) in [5.41, 5.74) is 0.523. The van der Waals surface area contributed by atoms with Crippen molar-refractivity contribution in [2.75, 3.05) is 0 Å². The molecule has 0 aromatic carbocycles. The van der Waals surface area contributed by atoms with Crippen LogP contribution in [0.25, 0.3) is 0 Å². The first-order valence-electron chi connectivity index (χ1n) is 6.39. The van der Waals surface area contributed by atoms with Crippen molar-refractivity contribution >= 4 is 0 Å². The van der Waals surface area contributed by atoms with Crippen molar-refractivity contribution in [2.24, 2.45) is 23.7 Å². The summed E-state index contributed by atoms with van der Waals surface area (Å²) in [7, 11) is 0. The predicted molar refractivity (Wildman–Crippen MR) is 47.1 cm³/mol. The van der Waals surface area contributed by atoms with E-state index in [1.54, 1.807) is 0 Å². The molecular formula is C12H12O3. The Kier molecular flexibility index (Phi) is 0.604. The quantitative estimate of drug-likeness (QED) is 0.534. The minimum Gasteiger partial charge on any atom is -0.369 e. The van der Waals surface area contributed by atoms with Crippen LogP contribution in [0, 0.1) is 23.7 Å². The van der Waals surface area contributed by atoms with Crippen LogP contribution in [0.1, 0.15) is 12.8 Å². The Balaban J connectivity index is 1.57. The smallest absolute Gasteiger partial charge is 0.109 e. The second kappa shape index (κ2) is 1.38. The fourth-order valence-electron chi connectivity index (χ4n) is 6.59. The number of fused-ring (bicyclic) bond motifs is 10. The van der Waals surface area contributed by atoms with E-state index >= 15 is 0 Å². The molecule has 4 aliphatic carbocycles. The van der Waals surface area contributed by atoms with Crippen molar-refractivity contribution in [1.82, 2.24) is 0 Å². The lowest BCUT2D eigenvalue weighted by atomic mass is 9.71. The molecule has 3 saturated heterocycles. The third kappa shape index (κ3) is 0.369. The zero-order valence-corrected chi connectivity index (χ0v) is 8.26. The molecule has 2 unspecified atom stereocenters. The van der Waals surface area contributed by atoms with E-state index in [0.29, 0.717) is 24.4 Å². The minimum absolute atomic E-state index is 0.262. The Labute approximate surface area is 87.1 Å². The molecule has 4 saturated carbocycles. The van der Waals surface area contributed by atoms with E-state index in [4.69, 9.17) is 14.2 Å². The Morgan fingerprint density at radius 2 is 1.07 bits per heavy atom. The summed E-state index contributed by atoms with van der Waals surface area (Å²) in [6, 6.07) is 0. The lowest BCUT2D eigenvalue weighted by Gasteiger charge is -2.23. The average Bonchev–Trinajstić information content (AvgIpc) is 3.20. The molecule has 7 rings (SSSR count). The zero-order chi connectivity index (χ0) is 9.15. The van der Waals surface area contributed by atoms with Crippen molar-refractivity contribution in [3.8, 4) is 0 Å². The molecule has 0 aromatic rings. The molecule has 3 nitrogen and oxygen atoms in total. The van der Waals surface area contributed by atoms with E-state index in [0.717, 1.165) is 23.7 Å². The van der Waals surface area contributed by atoms with Gasteiger partial charge in [0.1, 0.15) is 11.2 Å². The summed E-state index contributed by atoms with van der Waals surface area (Å²) >= 11 is 0. The van der Waals surface area contributed by atoms with Gasteiger partial charge in [0.15, 0.2) is 0 Å².